The number of amides is 3. The predicted octanol–water partition coefficient (Wildman–Crippen LogP) is 4.05. The zero-order valence-electron chi connectivity index (χ0n) is 28.1. The number of oxazole rings is 2. The SMILES string of the molecule is COC(=O)c1coc(-c2nc3oc2[C@]2(c4ccccc4)C(=O)Nc4ccc(cc42)CC[C@H](NC(=O)[C@@H](O)C(C)C)C(=O)N[C@H]3C(C)(C)C)n1. The van der Waals surface area contributed by atoms with Crippen LogP contribution in [0.2, 0.25) is 0 Å². The molecule has 0 fully saturated rings. The molecule has 0 unspecified atom stereocenters. The number of aryl methyl sites for hydroxylation is 1. The maximum absolute atomic E-state index is 14.5. The normalized spacial score (nSPS) is 21.1. The highest BCUT2D eigenvalue weighted by molar-refractivity contribution is 6.11. The molecule has 2 aliphatic heterocycles. The lowest BCUT2D eigenvalue weighted by Crippen LogP contribution is -2.52. The molecule has 49 heavy (non-hydrogen) atoms. The van der Waals surface area contributed by atoms with Crippen molar-refractivity contribution in [2.24, 2.45) is 11.3 Å². The van der Waals surface area contributed by atoms with E-state index in [9.17, 15) is 24.3 Å². The zero-order chi connectivity index (χ0) is 35.2. The van der Waals surface area contributed by atoms with Crippen LogP contribution in [-0.4, -0.2) is 58.0 Å². The third-order valence-electron chi connectivity index (χ3n) is 9.02. The van der Waals surface area contributed by atoms with Crippen LogP contribution in [0.3, 0.4) is 0 Å². The Balaban J connectivity index is 1.63. The molecule has 2 aromatic carbocycles. The summed E-state index contributed by atoms with van der Waals surface area (Å²) in [5, 5.41) is 19.3. The molecule has 0 saturated carbocycles. The Morgan fingerprint density at radius 2 is 1.84 bits per heavy atom. The van der Waals surface area contributed by atoms with Gasteiger partial charge in [0, 0.05) is 11.3 Å². The molecular weight excluding hydrogens is 630 g/mol. The van der Waals surface area contributed by atoms with Crippen molar-refractivity contribution in [3.8, 4) is 11.6 Å². The van der Waals surface area contributed by atoms with Crippen LogP contribution in [0.15, 0.2) is 63.6 Å². The number of hydrogen-bond donors (Lipinski definition) is 4. The van der Waals surface area contributed by atoms with Gasteiger partial charge in [0.2, 0.25) is 29.5 Å². The minimum absolute atomic E-state index is 0.0444. The van der Waals surface area contributed by atoms with Crippen molar-refractivity contribution in [2.75, 3.05) is 12.4 Å². The number of esters is 1. The van der Waals surface area contributed by atoms with Gasteiger partial charge in [-0.2, -0.15) is 0 Å². The lowest BCUT2D eigenvalue weighted by atomic mass is 9.72. The smallest absolute Gasteiger partial charge is 0.360 e. The molecule has 0 spiro atoms. The second kappa shape index (κ2) is 12.6. The molecule has 13 nitrogen and oxygen atoms in total. The van der Waals surface area contributed by atoms with Crippen molar-refractivity contribution in [3.63, 3.8) is 0 Å². The monoisotopic (exact) mass is 669 g/mol. The third-order valence-corrected chi connectivity index (χ3v) is 9.02. The van der Waals surface area contributed by atoms with Gasteiger partial charge >= 0.3 is 5.97 Å². The largest absolute Gasteiger partial charge is 0.464 e. The average molecular weight is 670 g/mol. The van der Waals surface area contributed by atoms with Gasteiger partial charge in [-0.15, -0.1) is 0 Å². The van der Waals surface area contributed by atoms with Gasteiger partial charge in [-0.05, 0) is 41.4 Å². The number of fused-ring (bicyclic) bond motifs is 4. The summed E-state index contributed by atoms with van der Waals surface area (Å²) in [7, 11) is 1.22. The lowest BCUT2D eigenvalue weighted by molar-refractivity contribution is -0.136. The number of rotatable bonds is 6. The molecule has 0 radical (unpaired) electrons. The second-order valence-electron chi connectivity index (χ2n) is 13.8. The van der Waals surface area contributed by atoms with E-state index in [0.717, 1.165) is 11.8 Å². The molecule has 2 aliphatic rings. The van der Waals surface area contributed by atoms with Crippen molar-refractivity contribution in [2.45, 2.75) is 71.1 Å². The zero-order valence-corrected chi connectivity index (χ0v) is 28.1. The van der Waals surface area contributed by atoms with E-state index in [0.29, 0.717) is 23.2 Å². The summed E-state index contributed by atoms with van der Waals surface area (Å²) in [6.45, 7) is 9.07. The molecule has 3 amide bonds. The highest BCUT2D eigenvalue weighted by Gasteiger charge is 2.55. The summed E-state index contributed by atoms with van der Waals surface area (Å²) in [6.07, 6.45) is 0.367. The van der Waals surface area contributed by atoms with Crippen LogP contribution in [0.4, 0.5) is 5.69 Å². The van der Waals surface area contributed by atoms with Crippen molar-refractivity contribution < 1.29 is 37.9 Å². The van der Waals surface area contributed by atoms with Gasteiger partial charge in [-0.25, -0.2) is 14.8 Å². The van der Waals surface area contributed by atoms with Crippen molar-refractivity contribution in [1.82, 2.24) is 20.6 Å². The van der Waals surface area contributed by atoms with Crippen molar-refractivity contribution >= 4 is 29.4 Å². The fourth-order valence-corrected chi connectivity index (χ4v) is 6.31. The number of hydrogen-bond acceptors (Lipinski definition) is 10. The summed E-state index contributed by atoms with van der Waals surface area (Å²) in [5.74, 6) is -2.66. The Morgan fingerprint density at radius 3 is 2.51 bits per heavy atom. The van der Waals surface area contributed by atoms with Gasteiger partial charge < -0.3 is 34.6 Å². The van der Waals surface area contributed by atoms with Crippen LogP contribution in [0.1, 0.15) is 85.9 Å². The molecule has 0 saturated heterocycles. The summed E-state index contributed by atoms with van der Waals surface area (Å²) < 4.78 is 17.3. The van der Waals surface area contributed by atoms with Crippen LogP contribution in [-0.2, 0) is 31.0 Å². The fourth-order valence-electron chi connectivity index (χ4n) is 6.31. The van der Waals surface area contributed by atoms with E-state index in [1.165, 1.54) is 7.11 Å². The first-order valence-electron chi connectivity index (χ1n) is 16.1. The molecule has 0 aliphatic carbocycles. The number of nitrogens with one attached hydrogen (secondary N) is 3. The van der Waals surface area contributed by atoms with Crippen LogP contribution in [0.5, 0.6) is 0 Å². The van der Waals surface area contributed by atoms with E-state index >= 15 is 0 Å². The molecule has 4 bridgehead atoms. The lowest BCUT2D eigenvalue weighted by Gasteiger charge is -2.31. The molecule has 13 heteroatoms. The molecule has 4 heterocycles. The van der Waals surface area contributed by atoms with Gasteiger partial charge in [-0.3, -0.25) is 14.4 Å². The quantitative estimate of drug-likeness (QED) is 0.218. The van der Waals surface area contributed by atoms with E-state index in [1.54, 1.807) is 19.9 Å². The number of methoxy groups -OCH3 is 1. The van der Waals surface area contributed by atoms with Gasteiger partial charge in [-0.1, -0.05) is 77.1 Å². The number of anilines is 1. The predicted molar refractivity (Wildman–Crippen MR) is 176 cm³/mol. The summed E-state index contributed by atoms with van der Waals surface area (Å²) >= 11 is 0. The Bertz CT molecular complexity index is 1920. The van der Waals surface area contributed by atoms with Crippen LogP contribution in [0.25, 0.3) is 11.6 Å². The number of aliphatic hydroxyl groups is 1. The van der Waals surface area contributed by atoms with Crippen molar-refractivity contribution in [1.29, 1.82) is 0 Å². The first-order valence-corrected chi connectivity index (χ1v) is 16.1. The maximum Gasteiger partial charge on any atom is 0.360 e. The molecular formula is C36H39N5O8. The Hall–Kier alpha value is -5.30. The molecule has 6 rings (SSSR count). The number of carbonyl (C=O) groups is 4. The summed E-state index contributed by atoms with van der Waals surface area (Å²) in [6, 6.07) is 12.7. The Kier molecular flexibility index (Phi) is 8.65. The highest BCUT2D eigenvalue weighted by atomic mass is 16.5. The van der Waals surface area contributed by atoms with Gasteiger partial charge in [0.1, 0.15) is 24.5 Å². The summed E-state index contributed by atoms with van der Waals surface area (Å²) in [4.78, 5) is 63.1. The molecule has 4 N–H and O–H groups in total. The number of aromatic nitrogens is 2. The minimum Gasteiger partial charge on any atom is -0.464 e. The average Bonchev–Trinajstić information content (AvgIpc) is 3.80. The van der Waals surface area contributed by atoms with E-state index in [2.05, 4.69) is 20.9 Å². The number of aliphatic hydroxyl groups excluding tert-OH is 1. The number of ether oxygens (including phenoxy) is 1. The molecule has 256 valence electrons. The number of carbonyl (C=O) groups excluding carboxylic acids is 4. The minimum atomic E-state index is -1.59. The molecule has 4 aromatic rings. The summed E-state index contributed by atoms with van der Waals surface area (Å²) in [5.41, 5.74) is 0.107. The third kappa shape index (κ3) is 5.88. The van der Waals surface area contributed by atoms with Crippen LogP contribution >= 0.6 is 0 Å². The Morgan fingerprint density at radius 1 is 1.10 bits per heavy atom. The van der Waals surface area contributed by atoms with Crippen LogP contribution < -0.4 is 16.0 Å². The van der Waals surface area contributed by atoms with Gasteiger partial charge in [0.05, 0.1) is 7.11 Å². The highest BCUT2D eigenvalue weighted by Crippen LogP contribution is 2.52. The topological polar surface area (TPSA) is 186 Å². The Labute approximate surface area is 282 Å². The van der Waals surface area contributed by atoms with E-state index in [4.69, 9.17) is 18.6 Å². The first kappa shape index (κ1) is 33.6. The van der Waals surface area contributed by atoms with E-state index < -0.39 is 52.7 Å². The number of benzene rings is 2. The first-order chi connectivity index (χ1) is 23.2. The number of nitrogens with zero attached hydrogens (tertiary/aromatic N) is 2. The maximum atomic E-state index is 14.5. The van der Waals surface area contributed by atoms with E-state index in [-0.39, 0.29) is 41.3 Å². The van der Waals surface area contributed by atoms with Gasteiger partial charge in [0.15, 0.2) is 22.6 Å². The van der Waals surface area contributed by atoms with E-state index in [1.807, 2.05) is 63.2 Å². The molecule has 2 aromatic heterocycles. The molecule has 4 atom stereocenters. The second-order valence-corrected chi connectivity index (χ2v) is 13.8. The van der Waals surface area contributed by atoms with Crippen LogP contribution in [0, 0.1) is 11.3 Å². The van der Waals surface area contributed by atoms with Gasteiger partial charge in [0.25, 0.3) is 0 Å². The standard InChI is InChI=1S/C36H39N5O8/c1-18(2)26(42)30(44)37-23-15-13-19-12-14-22-21(16-19)36(34(46)39-22,20-10-8-7-9-11-20)28-25(31-38-24(17-48-31)33(45)47-6)40-32(49-28)27(35(3,4)5)41-29(23)43/h7-12,14,16-18,23,26-27,42H,13,15H2,1-6H3,(H,37,44)(H,39,46)(H,41,43)/t23-,26-,27+,36+/m0/s1. The fraction of sp³-hybridized carbons (Fsp3) is 0.389. The van der Waals surface area contributed by atoms with Crippen molar-refractivity contribution in [3.05, 3.63) is 88.8 Å².